The van der Waals surface area contributed by atoms with Crippen molar-refractivity contribution in [3.8, 4) is 11.5 Å². The predicted octanol–water partition coefficient (Wildman–Crippen LogP) is 2.14. The molecule has 2 heterocycles. The zero-order valence-electron chi connectivity index (χ0n) is 13.1. The van der Waals surface area contributed by atoms with Crippen LogP contribution in [0.15, 0.2) is 63.9 Å². The van der Waals surface area contributed by atoms with Crippen LogP contribution < -0.4 is 10.7 Å². The van der Waals surface area contributed by atoms with E-state index >= 15 is 0 Å². The lowest BCUT2D eigenvalue weighted by Crippen LogP contribution is -2.17. The molecule has 7 nitrogen and oxygen atoms in total. The van der Waals surface area contributed by atoms with Crippen molar-refractivity contribution in [1.82, 2.24) is 4.98 Å². The van der Waals surface area contributed by atoms with E-state index in [0.29, 0.717) is 11.4 Å². The number of phenolic OH excluding ortho intramolecular Hbond substituents is 1. The summed E-state index contributed by atoms with van der Waals surface area (Å²) in [4.78, 5) is 16.1. The summed E-state index contributed by atoms with van der Waals surface area (Å²) in [7, 11) is 0. The third-order valence-electron chi connectivity index (χ3n) is 3.62. The molecule has 3 rings (SSSR count). The Bertz CT molecular complexity index is 924. The normalized spacial score (nSPS) is 11.9. The van der Waals surface area contributed by atoms with Gasteiger partial charge in [0.25, 0.3) is 0 Å². The van der Waals surface area contributed by atoms with E-state index < -0.39 is 23.8 Å². The Labute approximate surface area is 142 Å². The van der Waals surface area contributed by atoms with E-state index in [4.69, 9.17) is 4.42 Å². The molecule has 0 aliphatic rings. The molecular weight excluding hydrogens is 324 g/mol. The van der Waals surface area contributed by atoms with Gasteiger partial charge >= 0.3 is 0 Å². The number of rotatable bonds is 5. The highest BCUT2D eigenvalue weighted by Crippen LogP contribution is 2.35. The van der Waals surface area contributed by atoms with Crippen molar-refractivity contribution in [1.29, 1.82) is 0 Å². The van der Waals surface area contributed by atoms with Gasteiger partial charge in [-0.3, -0.25) is 4.79 Å². The maximum absolute atomic E-state index is 12.0. The van der Waals surface area contributed by atoms with E-state index in [1.54, 1.807) is 42.6 Å². The topological polar surface area (TPSA) is 116 Å². The third kappa shape index (κ3) is 3.46. The third-order valence-corrected chi connectivity index (χ3v) is 3.62. The lowest BCUT2D eigenvalue weighted by Gasteiger charge is -2.21. The Morgan fingerprint density at radius 1 is 1.12 bits per heavy atom. The average Bonchev–Trinajstić information content (AvgIpc) is 2.63. The van der Waals surface area contributed by atoms with Crippen LogP contribution in [-0.2, 0) is 6.61 Å². The minimum absolute atomic E-state index is 0.000965. The second-order valence-corrected chi connectivity index (χ2v) is 5.30. The molecule has 0 saturated carbocycles. The van der Waals surface area contributed by atoms with E-state index in [-0.39, 0.29) is 17.3 Å². The minimum atomic E-state index is -0.893. The number of anilines is 1. The summed E-state index contributed by atoms with van der Waals surface area (Å²) in [5.41, 5.74) is -0.310. The summed E-state index contributed by atoms with van der Waals surface area (Å²) >= 11 is 0. The average molecular weight is 340 g/mol. The predicted molar refractivity (Wildman–Crippen MR) is 90.4 cm³/mol. The molecular formula is C18H16N2O5. The summed E-state index contributed by atoms with van der Waals surface area (Å²) in [6.45, 7) is -0.500. The lowest BCUT2D eigenvalue weighted by molar-refractivity contribution is 0.234. The van der Waals surface area contributed by atoms with Gasteiger partial charge < -0.3 is 25.1 Å². The van der Waals surface area contributed by atoms with Gasteiger partial charge in [-0.1, -0.05) is 24.3 Å². The molecule has 3 aromatic rings. The second-order valence-electron chi connectivity index (χ2n) is 5.30. The lowest BCUT2D eigenvalue weighted by atomic mass is 10.0. The molecule has 0 aliphatic heterocycles. The van der Waals surface area contributed by atoms with Crippen LogP contribution >= 0.6 is 0 Å². The van der Waals surface area contributed by atoms with Gasteiger partial charge in [-0.05, 0) is 18.2 Å². The first-order valence-corrected chi connectivity index (χ1v) is 7.52. The van der Waals surface area contributed by atoms with Crippen LogP contribution in [0.4, 0.5) is 5.82 Å². The zero-order valence-corrected chi connectivity index (χ0v) is 13.1. The molecule has 1 atom stereocenters. The Hall–Kier alpha value is -3.32. The number of nitrogens with zero attached hydrogens (tertiary/aromatic N) is 1. The second kappa shape index (κ2) is 7.06. The van der Waals surface area contributed by atoms with Gasteiger partial charge in [-0.15, -0.1) is 0 Å². The molecule has 0 radical (unpaired) electrons. The van der Waals surface area contributed by atoms with E-state index in [2.05, 4.69) is 10.3 Å². The first-order chi connectivity index (χ1) is 12.1. The fourth-order valence-corrected chi connectivity index (χ4v) is 2.44. The number of aromatic hydroxyl groups is 2. The van der Waals surface area contributed by atoms with E-state index in [1.807, 2.05) is 0 Å². The smallest absolute Gasteiger partial charge is 0.227 e. The Balaban J connectivity index is 2.16. The van der Waals surface area contributed by atoms with Crippen LogP contribution in [0.5, 0.6) is 11.5 Å². The van der Waals surface area contributed by atoms with E-state index in [0.717, 1.165) is 6.07 Å². The number of aliphatic hydroxyl groups is 1. The first-order valence-electron chi connectivity index (χ1n) is 7.52. The van der Waals surface area contributed by atoms with Gasteiger partial charge in [-0.2, -0.15) is 0 Å². The van der Waals surface area contributed by atoms with Crippen molar-refractivity contribution in [3.05, 3.63) is 82.0 Å². The SMILES string of the molecule is O=c1cc(CO)oc(C(Nc2ccccn2)c2ccccc2O)c1O. The maximum atomic E-state index is 12.0. The van der Waals surface area contributed by atoms with Gasteiger partial charge in [0.15, 0.2) is 5.76 Å². The van der Waals surface area contributed by atoms with Crippen LogP contribution in [-0.4, -0.2) is 20.3 Å². The van der Waals surface area contributed by atoms with Crippen LogP contribution in [0.1, 0.15) is 23.1 Å². The zero-order chi connectivity index (χ0) is 17.8. The summed E-state index contributed by atoms with van der Waals surface area (Å²) < 4.78 is 5.48. The van der Waals surface area contributed by atoms with E-state index in [1.165, 1.54) is 6.07 Å². The van der Waals surface area contributed by atoms with Crippen LogP contribution in [0.3, 0.4) is 0 Å². The minimum Gasteiger partial charge on any atom is -0.508 e. The van der Waals surface area contributed by atoms with Gasteiger partial charge in [0.2, 0.25) is 11.2 Å². The number of benzene rings is 1. The van der Waals surface area contributed by atoms with Crippen LogP contribution in [0.2, 0.25) is 0 Å². The largest absolute Gasteiger partial charge is 0.508 e. The highest BCUT2D eigenvalue weighted by molar-refractivity contribution is 5.49. The maximum Gasteiger partial charge on any atom is 0.227 e. The number of hydrogen-bond donors (Lipinski definition) is 4. The van der Waals surface area contributed by atoms with Crippen molar-refractivity contribution < 1.29 is 19.7 Å². The molecule has 0 spiro atoms. The molecule has 0 bridgehead atoms. The highest BCUT2D eigenvalue weighted by atomic mass is 16.4. The van der Waals surface area contributed by atoms with Crippen molar-refractivity contribution in [2.45, 2.75) is 12.6 Å². The molecule has 0 fully saturated rings. The molecule has 4 N–H and O–H groups in total. The van der Waals surface area contributed by atoms with E-state index in [9.17, 15) is 20.1 Å². The Kier molecular flexibility index (Phi) is 4.67. The summed E-state index contributed by atoms with van der Waals surface area (Å²) in [6, 6.07) is 11.8. The van der Waals surface area contributed by atoms with Gasteiger partial charge in [0, 0.05) is 17.8 Å². The van der Waals surface area contributed by atoms with Gasteiger partial charge in [0.1, 0.15) is 30.0 Å². The monoisotopic (exact) mass is 340 g/mol. The Morgan fingerprint density at radius 3 is 2.56 bits per heavy atom. The molecule has 0 aliphatic carbocycles. The molecule has 2 aromatic heterocycles. The molecule has 128 valence electrons. The fraction of sp³-hybridized carbons (Fsp3) is 0.111. The van der Waals surface area contributed by atoms with Gasteiger partial charge in [-0.25, -0.2) is 4.98 Å². The van der Waals surface area contributed by atoms with Crippen molar-refractivity contribution >= 4 is 5.82 Å². The molecule has 25 heavy (non-hydrogen) atoms. The molecule has 1 unspecified atom stereocenters. The van der Waals surface area contributed by atoms with Crippen LogP contribution in [0.25, 0.3) is 0 Å². The number of aliphatic hydroxyl groups excluding tert-OH is 1. The molecule has 1 aromatic carbocycles. The summed E-state index contributed by atoms with van der Waals surface area (Å²) in [6.07, 6.45) is 1.57. The standard InChI is InChI=1S/C18H16N2O5/c21-10-11-9-14(23)17(24)18(25-11)16(12-5-1-2-6-13(12)22)20-15-7-3-4-8-19-15/h1-9,16,21-22,24H,10H2,(H,19,20). The summed E-state index contributed by atoms with van der Waals surface area (Å²) in [5.74, 6) is -0.321. The number of para-hydroxylation sites is 1. The van der Waals surface area contributed by atoms with Crippen molar-refractivity contribution in [2.75, 3.05) is 5.32 Å². The molecule has 7 heteroatoms. The quantitative estimate of drug-likeness (QED) is 0.562. The number of nitrogens with one attached hydrogen (secondary N) is 1. The summed E-state index contributed by atoms with van der Waals surface area (Å²) in [5, 5.41) is 32.7. The van der Waals surface area contributed by atoms with Gasteiger partial charge in [0.05, 0.1) is 0 Å². The number of phenols is 1. The number of pyridine rings is 1. The fourth-order valence-electron chi connectivity index (χ4n) is 2.44. The van der Waals surface area contributed by atoms with Crippen molar-refractivity contribution in [3.63, 3.8) is 0 Å². The number of aromatic nitrogens is 1. The first kappa shape index (κ1) is 16.5. The molecule has 0 amide bonds. The Morgan fingerprint density at radius 2 is 1.88 bits per heavy atom. The van der Waals surface area contributed by atoms with Crippen molar-refractivity contribution in [2.24, 2.45) is 0 Å². The highest BCUT2D eigenvalue weighted by Gasteiger charge is 2.26. The number of hydrogen-bond acceptors (Lipinski definition) is 7. The van der Waals surface area contributed by atoms with Crippen LogP contribution in [0, 0.1) is 0 Å². The molecule has 0 saturated heterocycles.